The number of tetrazole rings is 1. The Labute approximate surface area is 201 Å². The van der Waals surface area contributed by atoms with Crippen LogP contribution in [0.4, 0.5) is 5.00 Å². The number of nitrogens with one attached hydrogen (secondary N) is 1. The fourth-order valence-corrected chi connectivity index (χ4v) is 4.78. The van der Waals surface area contributed by atoms with Crippen LogP contribution in [0.5, 0.6) is 0 Å². The van der Waals surface area contributed by atoms with Gasteiger partial charge in [0.05, 0.1) is 17.8 Å². The highest BCUT2D eigenvalue weighted by atomic mass is 32.1. The predicted molar refractivity (Wildman–Crippen MR) is 134 cm³/mol. The first-order valence-corrected chi connectivity index (χ1v) is 12.2. The molecule has 1 fully saturated rings. The van der Waals surface area contributed by atoms with Crippen LogP contribution in [0.1, 0.15) is 40.1 Å². The van der Waals surface area contributed by atoms with Crippen molar-refractivity contribution in [3.8, 4) is 11.4 Å². The Kier molecular flexibility index (Phi) is 6.71. The van der Waals surface area contributed by atoms with Crippen molar-refractivity contribution >= 4 is 28.5 Å². The molecule has 9 heteroatoms. The number of piperidine rings is 1. The van der Waals surface area contributed by atoms with Crippen molar-refractivity contribution in [1.29, 1.82) is 0 Å². The van der Waals surface area contributed by atoms with Crippen molar-refractivity contribution in [1.82, 2.24) is 25.6 Å². The van der Waals surface area contributed by atoms with E-state index in [0.29, 0.717) is 17.9 Å². The summed E-state index contributed by atoms with van der Waals surface area (Å²) in [5.41, 5.74) is 5.05. The van der Waals surface area contributed by atoms with E-state index in [9.17, 15) is 4.79 Å². The maximum Gasteiger partial charge on any atom is 0.271 e. The lowest BCUT2D eigenvalue weighted by Crippen LogP contribution is -2.28. The number of anilines is 1. The molecule has 34 heavy (non-hydrogen) atoms. The number of hydrogen-bond donors (Lipinski definition) is 1. The Morgan fingerprint density at radius 3 is 2.59 bits per heavy atom. The lowest BCUT2D eigenvalue weighted by Gasteiger charge is -2.27. The van der Waals surface area contributed by atoms with Crippen LogP contribution in [0.2, 0.25) is 0 Å². The summed E-state index contributed by atoms with van der Waals surface area (Å²) in [7, 11) is 0. The van der Waals surface area contributed by atoms with Crippen LogP contribution in [0, 0.1) is 0 Å². The summed E-state index contributed by atoms with van der Waals surface area (Å²) in [5.74, 6) is 0.337. The van der Waals surface area contributed by atoms with E-state index >= 15 is 0 Å². The number of benzene rings is 2. The van der Waals surface area contributed by atoms with Crippen molar-refractivity contribution in [2.45, 2.75) is 25.8 Å². The monoisotopic (exact) mass is 471 g/mol. The molecule has 1 N–H and O–H groups in total. The van der Waals surface area contributed by atoms with Crippen molar-refractivity contribution < 1.29 is 4.79 Å². The summed E-state index contributed by atoms with van der Waals surface area (Å²) in [6.45, 7) is 2.70. The molecule has 1 aliphatic rings. The molecule has 2 aromatic heterocycles. The van der Waals surface area contributed by atoms with Gasteiger partial charge >= 0.3 is 0 Å². The molecule has 2 aromatic carbocycles. The van der Waals surface area contributed by atoms with E-state index in [1.54, 1.807) is 34.5 Å². The van der Waals surface area contributed by atoms with E-state index in [0.717, 1.165) is 29.1 Å². The molecule has 5 rings (SSSR count). The van der Waals surface area contributed by atoms with E-state index in [2.05, 4.69) is 36.9 Å². The van der Waals surface area contributed by atoms with E-state index in [-0.39, 0.29) is 5.91 Å². The number of thiophene rings is 1. The van der Waals surface area contributed by atoms with Gasteiger partial charge < -0.3 is 4.90 Å². The third-order valence-corrected chi connectivity index (χ3v) is 6.74. The molecule has 0 bridgehead atoms. The molecule has 0 spiro atoms. The third-order valence-electron chi connectivity index (χ3n) is 5.66. The van der Waals surface area contributed by atoms with Gasteiger partial charge in [-0.1, -0.05) is 42.5 Å². The Bertz CT molecular complexity index is 1260. The average molecular weight is 472 g/mol. The second-order valence-electron chi connectivity index (χ2n) is 8.13. The SMILES string of the molecule is O=C(N/N=C/c1ccc(N2CCCCC2)s1)c1ccc(Cn2nnc(-c3ccccc3)n2)cc1. The molecule has 0 saturated carbocycles. The van der Waals surface area contributed by atoms with Gasteiger partial charge in [0, 0.05) is 29.1 Å². The first kappa shape index (κ1) is 22.0. The topological polar surface area (TPSA) is 88.3 Å². The molecule has 0 radical (unpaired) electrons. The van der Waals surface area contributed by atoms with Gasteiger partial charge in [0.1, 0.15) is 0 Å². The first-order chi connectivity index (χ1) is 16.7. The van der Waals surface area contributed by atoms with Gasteiger partial charge in [-0.25, -0.2) is 5.43 Å². The summed E-state index contributed by atoms with van der Waals surface area (Å²) < 4.78 is 0. The van der Waals surface area contributed by atoms with E-state index in [4.69, 9.17) is 0 Å². The zero-order valence-electron chi connectivity index (χ0n) is 18.7. The van der Waals surface area contributed by atoms with Gasteiger partial charge in [-0.3, -0.25) is 4.79 Å². The van der Waals surface area contributed by atoms with Gasteiger partial charge in [-0.05, 0) is 54.3 Å². The number of carbonyl (C=O) groups is 1. The third kappa shape index (κ3) is 5.37. The summed E-state index contributed by atoms with van der Waals surface area (Å²) in [6, 6.07) is 21.2. The van der Waals surface area contributed by atoms with Crippen molar-refractivity contribution in [3.63, 3.8) is 0 Å². The molecule has 0 atom stereocenters. The lowest BCUT2D eigenvalue weighted by molar-refractivity contribution is 0.0955. The maximum atomic E-state index is 12.4. The number of aromatic nitrogens is 4. The maximum absolute atomic E-state index is 12.4. The molecule has 0 unspecified atom stereocenters. The van der Waals surface area contributed by atoms with Gasteiger partial charge in [-0.15, -0.1) is 21.5 Å². The number of rotatable bonds is 7. The predicted octanol–water partition coefficient (Wildman–Crippen LogP) is 4.20. The fourth-order valence-electron chi connectivity index (χ4n) is 3.85. The normalized spacial score (nSPS) is 13.9. The van der Waals surface area contributed by atoms with Gasteiger partial charge in [0.2, 0.25) is 5.82 Å². The number of carbonyl (C=O) groups excluding carboxylic acids is 1. The molecule has 1 saturated heterocycles. The van der Waals surface area contributed by atoms with Gasteiger partial charge in [0.25, 0.3) is 5.91 Å². The number of hydrogen-bond acceptors (Lipinski definition) is 7. The Morgan fingerprint density at radius 2 is 1.79 bits per heavy atom. The number of amides is 1. The zero-order chi connectivity index (χ0) is 23.2. The Balaban J connectivity index is 1.14. The van der Waals surface area contributed by atoms with E-state index in [1.165, 1.54) is 24.3 Å². The minimum Gasteiger partial charge on any atom is -0.363 e. The molecular formula is C25H25N7OS. The Hall–Kier alpha value is -3.85. The summed E-state index contributed by atoms with van der Waals surface area (Å²) in [4.78, 5) is 17.4. The quantitative estimate of drug-likeness (QED) is 0.322. The lowest BCUT2D eigenvalue weighted by atomic mass is 10.1. The van der Waals surface area contributed by atoms with Crippen molar-refractivity contribution in [2.24, 2.45) is 5.10 Å². The van der Waals surface area contributed by atoms with Crippen LogP contribution in [0.25, 0.3) is 11.4 Å². The van der Waals surface area contributed by atoms with Crippen LogP contribution >= 0.6 is 11.3 Å². The van der Waals surface area contributed by atoms with Crippen LogP contribution in [-0.4, -0.2) is 45.4 Å². The van der Waals surface area contributed by atoms with Gasteiger partial charge in [-0.2, -0.15) is 9.90 Å². The largest absolute Gasteiger partial charge is 0.363 e. The Morgan fingerprint density at radius 1 is 1.00 bits per heavy atom. The molecule has 0 aliphatic carbocycles. The first-order valence-electron chi connectivity index (χ1n) is 11.3. The molecular weight excluding hydrogens is 446 g/mol. The van der Waals surface area contributed by atoms with Crippen LogP contribution < -0.4 is 10.3 Å². The molecule has 1 amide bonds. The molecule has 8 nitrogen and oxygen atoms in total. The second kappa shape index (κ2) is 10.4. The molecule has 4 aromatic rings. The minimum absolute atomic E-state index is 0.249. The van der Waals surface area contributed by atoms with E-state index in [1.807, 2.05) is 48.5 Å². The second-order valence-corrected chi connectivity index (χ2v) is 9.22. The fraction of sp³-hybridized carbons (Fsp3) is 0.240. The van der Waals surface area contributed by atoms with Crippen LogP contribution in [0.3, 0.4) is 0 Å². The van der Waals surface area contributed by atoms with Crippen molar-refractivity contribution in [2.75, 3.05) is 18.0 Å². The molecule has 3 heterocycles. The number of nitrogens with zero attached hydrogens (tertiary/aromatic N) is 6. The highest BCUT2D eigenvalue weighted by Gasteiger charge is 2.12. The van der Waals surface area contributed by atoms with Crippen LogP contribution in [-0.2, 0) is 6.54 Å². The number of hydrazone groups is 1. The molecule has 172 valence electrons. The zero-order valence-corrected chi connectivity index (χ0v) is 19.5. The minimum atomic E-state index is -0.249. The van der Waals surface area contributed by atoms with E-state index < -0.39 is 0 Å². The summed E-state index contributed by atoms with van der Waals surface area (Å²) in [6.07, 6.45) is 5.52. The van der Waals surface area contributed by atoms with Crippen LogP contribution in [0.15, 0.2) is 71.8 Å². The summed E-state index contributed by atoms with van der Waals surface area (Å²) in [5, 5.41) is 18.1. The van der Waals surface area contributed by atoms with Crippen molar-refractivity contribution in [3.05, 3.63) is 82.7 Å². The smallest absolute Gasteiger partial charge is 0.271 e. The average Bonchev–Trinajstić information content (AvgIpc) is 3.56. The highest BCUT2D eigenvalue weighted by molar-refractivity contribution is 7.17. The summed E-state index contributed by atoms with van der Waals surface area (Å²) >= 11 is 1.70. The van der Waals surface area contributed by atoms with Gasteiger partial charge in [0.15, 0.2) is 0 Å². The highest BCUT2D eigenvalue weighted by Crippen LogP contribution is 2.27. The standard InChI is InChI=1S/C25H25N7OS/c33-25(28-26-17-22-13-14-23(34-22)31-15-5-2-6-16-31)21-11-9-19(10-12-21)18-32-29-24(27-30-32)20-7-3-1-4-8-20/h1,3-4,7-14,17H,2,5-6,15-16,18H2,(H,28,33)/b26-17+. The molecule has 1 aliphatic heterocycles.